The van der Waals surface area contributed by atoms with Crippen LogP contribution in [0.4, 0.5) is 0 Å². The molecule has 4 heterocycles. The number of rotatable bonds is 6. The molecule has 0 radical (unpaired) electrons. The molecule has 0 aliphatic carbocycles. The fraction of sp³-hybridized carbons (Fsp3) is 0.400. The third-order valence-corrected chi connectivity index (χ3v) is 4.99. The van der Waals surface area contributed by atoms with Gasteiger partial charge in [0.05, 0.1) is 6.54 Å². The molecule has 4 rings (SSSR count). The molecule has 27 heavy (non-hydrogen) atoms. The van der Waals surface area contributed by atoms with E-state index in [-0.39, 0.29) is 5.91 Å². The van der Waals surface area contributed by atoms with E-state index in [1.807, 2.05) is 35.0 Å². The molecule has 1 amide bonds. The van der Waals surface area contributed by atoms with Crippen LogP contribution >= 0.6 is 0 Å². The molecule has 0 saturated heterocycles. The Labute approximate surface area is 158 Å². The van der Waals surface area contributed by atoms with Crippen molar-refractivity contribution in [2.75, 3.05) is 6.54 Å². The number of nitrogens with zero attached hydrogens (tertiary/aromatic N) is 5. The van der Waals surface area contributed by atoms with E-state index in [1.54, 1.807) is 12.4 Å². The van der Waals surface area contributed by atoms with Crippen LogP contribution in [0, 0.1) is 0 Å². The maximum absolute atomic E-state index is 12.6. The fourth-order valence-electron chi connectivity index (χ4n) is 3.41. The van der Waals surface area contributed by atoms with E-state index >= 15 is 0 Å². The minimum atomic E-state index is 0.154. The number of carbonyl (C=O) groups excluding carboxylic acids is 1. The molecule has 7 nitrogen and oxygen atoms in total. The standard InChI is InChI=1S/C20H23N5O2/c1-24-16(8-11-22-24)5-7-20(26)25-12-9-18-17(14-25)23-19(27-18)6-4-15-3-2-10-21-13-15/h2-3,8,10-11,13H,4-7,9,12,14H2,1H3. The highest BCUT2D eigenvalue weighted by molar-refractivity contribution is 5.76. The van der Waals surface area contributed by atoms with E-state index in [1.165, 1.54) is 5.56 Å². The average Bonchev–Trinajstić information content (AvgIpc) is 3.30. The summed E-state index contributed by atoms with van der Waals surface area (Å²) in [7, 11) is 1.90. The zero-order chi connectivity index (χ0) is 18.6. The van der Waals surface area contributed by atoms with Gasteiger partial charge < -0.3 is 9.32 Å². The number of aromatic nitrogens is 4. The van der Waals surface area contributed by atoms with Gasteiger partial charge >= 0.3 is 0 Å². The molecule has 0 spiro atoms. The number of hydrogen-bond donors (Lipinski definition) is 0. The van der Waals surface area contributed by atoms with Gasteiger partial charge in [-0.3, -0.25) is 14.5 Å². The lowest BCUT2D eigenvalue weighted by Crippen LogP contribution is -2.36. The van der Waals surface area contributed by atoms with Crippen LogP contribution in [-0.4, -0.2) is 37.1 Å². The van der Waals surface area contributed by atoms with Gasteiger partial charge in [-0.05, 0) is 30.5 Å². The molecule has 1 aliphatic rings. The molecule has 0 N–H and O–H groups in total. The predicted molar refractivity (Wildman–Crippen MR) is 98.8 cm³/mol. The molecular formula is C20H23N5O2. The summed E-state index contributed by atoms with van der Waals surface area (Å²) in [5, 5.41) is 4.14. The van der Waals surface area contributed by atoms with Crippen LogP contribution in [0.5, 0.6) is 0 Å². The molecule has 0 atom stereocenters. The Bertz CT molecular complexity index is 916. The summed E-state index contributed by atoms with van der Waals surface area (Å²) in [6.07, 6.45) is 8.91. The van der Waals surface area contributed by atoms with Crippen molar-refractivity contribution >= 4 is 5.91 Å². The quantitative estimate of drug-likeness (QED) is 0.669. The monoisotopic (exact) mass is 365 g/mol. The van der Waals surface area contributed by atoms with E-state index in [9.17, 15) is 4.79 Å². The third kappa shape index (κ3) is 4.07. The summed E-state index contributed by atoms with van der Waals surface area (Å²) in [6.45, 7) is 1.23. The molecule has 7 heteroatoms. The van der Waals surface area contributed by atoms with Gasteiger partial charge in [-0.2, -0.15) is 5.10 Å². The van der Waals surface area contributed by atoms with E-state index in [0.29, 0.717) is 25.9 Å². The summed E-state index contributed by atoms with van der Waals surface area (Å²) in [6, 6.07) is 5.94. The largest absolute Gasteiger partial charge is 0.445 e. The predicted octanol–water partition coefficient (Wildman–Crippen LogP) is 2.11. The lowest BCUT2D eigenvalue weighted by Gasteiger charge is -2.25. The zero-order valence-electron chi connectivity index (χ0n) is 15.5. The molecular weight excluding hydrogens is 342 g/mol. The lowest BCUT2D eigenvalue weighted by molar-refractivity contribution is -0.132. The number of fused-ring (bicyclic) bond motifs is 1. The first kappa shape index (κ1) is 17.5. The van der Waals surface area contributed by atoms with Crippen molar-refractivity contribution in [3.8, 4) is 0 Å². The Morgan fingerprint density at radius 1 is 1.22 bits per heavy atom. The Kier molecular flexibility index (Phi) is 5.00. The van der Waals surface area contributed by atoms with Gasteiger partial charge in [0.2, 0.25) is 5.91 Å². The zero-order valence-corrected chi connectivity index (χ0v) is 15.5. The van der Waals surface area contributed by atoms with Crippen molar-refractivity contribution in [3.05, 3.63) is 65.4 Å². The summed E-state index contributed by atoms with van der Waals surface area (Å²) in [5.74, 6) is 1.82. The van der Waals surface area contributed by atoms with E-state index in [4.69, 9.17) is 4.42 Å². The van der Waals surface area contributed by atoms with E-state index in [0.717, 1.165) is 42.3 Å². The number of hydrogen-bond acceptors (Lipinski definition) is 5. The van der Waals surface area contributed by atoms with Gasteiger partial charge in [0.1, 0.15) is 11.5 Å². The molecule has 0 saturated carbocycles. The number of carbonyl (C=O) groups is 1. The van der Waals surface area contributed by atoms with Crippen LogP contribution in [0.25, 0.3) is 0 Å². The maximum atomic E-state index is 12.6. The Morgan fingerprint density at radius 2 is 2.15 bits per heavy atom. The number of amides is 1. The highest BCUT2D eigenvalue weighted by atomic mass is 16.4. The second-order valence-corrected chi connectivity index (χ2v) is 6.85. The molecule has 0 aromatic carbocycles. The molecule has 3 aromatic rings. The molecule has 3 aromatic heterocycles. The minimum Gasteiger partial charge on any atom is -0.445 e. The van der Waals surface area contributed by atoms with Crippen molar-refractivity contribution in [2.45, 2.75) is 38.6 Å². The second kappa shape index (κ2) is 7.73. The van der Waals surface area contributed by atoms with Crippen LogP contribution in [0.15, 0.2) is 41.2 Å². The molecule has 0 bridgehead atoms. The first-order valence-electron chi connectivity index (χ1n) is 9.30. The van der Waals surface area contributed by atoms with Crippen LogP contribution < -0.4 is 0 Å². The second-order valence-electron chi connectivity index (χ2n) is 6.85. The first-order chi connectivity index (χ1) is 13.2. The Morgan fingerprint density at radius 3 is 2.93 bits per heavy atom. The fourth-order valence-corrected chi connectivity index (χ4v) is 3.41. The SMILES string of the molecule is Cn1nccc1CCC(=O)N1CCc2oc(CCc3cccnc3)nc2C1. The minimum absolute atomic E-state index is 0.154. The summed E-state index contributed by atoms with van der Waals surface area (Å²) in [5.41, 5.74) is 3.14. The van der Waals surface area contributed by atoms with Crippen LogP contribution in [0.1, 0.15) is 35.0 Å². The molecule has 0 fully saturated rings. The normalized spacial score (nSPS) is 13.6. The summed E-state index contributed by atoms with van der Waals surface area (Å²) < 4.78 is 7.72. The maximum Gasteiger partial charge on any atom is 0.223 e. The summed E-state index contributed by atoms with van der Waals surface area (Å²) in [4.78, 5) is 23.2. The van der Waals surface area contributed by atoms with Gasteiger partial charge in [-0.15, -0.1) is 0 Å². The number of oxazole rings is 1. The van der Waals surface area contributed by atoms with Gasteiger partial charge in [-0.1, -0.05) is 6.07 Å². The molecule has 0 unspecified atom stereocenters. The van der Waals surface area contributed by atoms with Gasteiger partial charge in [0.15, 0.2) is 5.89 Å². The van der Waals surface area contributed by atoms with Gasteiger partial charge in [0, 0.05) is 57.1 Å². The Hall–Kier alpha value is -2.96. The topological polar surface area (TPSA) is 77.0 Å². The third-order valence-electron chi connectivity index (χ3n) is 4.99. The van der Waals surface area contributed by atoms with E-state index < -0.39 is 0 Å². The molecule has 140 valence electrons. The summed E-state index contributed by atoms with van der Waals surface area (Å²) >= 11 is 0. The van der Waals surface area contributed by atoms with Crippen molar-refractivity contribution in [3.63, 3.8) is 0 Å². The molecule has 1 aliphatic heterocycles. The average molecular weight is 365 g/mol. The van der Waals surface area contributed by atoms with Crippen molar-refractivity contribution in [2.24, 2.45) is 7.05 Å². The Balaban J connectivity index is 1.33. The van der Waals surface area contributed by atoms with Crippen LogP contribution in [-0.2, 0) is 44.1 Å². The van der Waals surface area contributed by atoms with Crippen molar-refractivity contribution in [1.82, 2.24) is 24.6 Å². The van der Waals surface area contributed by atoms with Gasteiger partial charge in [0.25, 0.3) is 0 Å². The first-order valence-corrected chi connectivity index (χ1v) is 9.30. The number of pyridine rings is 1. The highest BCUT2D eigenvalue weighted by Crippen LogP contribution is 2.21. The smallest absolute Gasteiger partial charge is 0.223 e. The highest BCUT2D eigenvalue weighted by Gasteiger charge is 2.25. The van der Waals surface area contributed by atoms with Crippen LogP contribution in [0.2, 0.25) is 0 Å². The lowest BCUT2D eigenvalue weighted by atomic mass is 10.1. The van der Waals surface area contributed by atoms with Crippen molar-refractivity contribution < 1.29 is 9.21 Å². The van der Waals surface area contributed by atoms with Crippen molar-refractivity contribution in [1.29, 1.82) is 0 Å². The van der Waals surface area contributed by atoms with Crippen LogP contribution in [0.3, 0.4) is 0 Å². The van der Waals surface area contributed by atoms with E-state index in [2.05, 4.69) is 21.1 Å². The number of aryl methyl sites for hydroxylation is 4. The van der Waals surface area contributed by atoms with Gasteiger partial charge in [-0.25, -0.2) is 4.98 Å².